The van der Waals surface area contributed by atoms with Gasteiger partial charge in [-0.3, -0.25) is 4.79 Å². The minimum absolute atomic E-state index is 0.286. The van der Waals surface area contributed by atoms with E-state index >= 15 is 0 Å². The van der Waals surface area contributed by atoms with E-state index in [1.54, 1.807) is 0 Å². The van der Waals surface area contributed by atoms with Gasteiger partial charge in [0.1, 0.15) is 0 Å². The van der Waals surface area contributed by atoms with Crippen LogP contribution in [0.1, 0.15) is 64.2 Å². The van der Waals surface area contributed by atoms with Crippen LogP contribution in [-0.4, -0.2) is 18.5 Å². The molecule has 0 aromatic rings. The third-order valence-corrected chi connectivity index (χ3v) is 6.20. The van der Waals surface area contributed by atoms with Crippen LogP contribution in [0.25, 0.3) is 0 Å². The Morgan fingerprint density at radius 2 is 1.75 bits per heavy atom. The van der Waals surface area contributed by atoms with Crippen molar-refractivity contribution in [3.05, 3.63) is 0 Å². The molecule has 0 saturated heterocycles. The van der Waals surface area contributed by atoms with E-state index in [4.69, 9.17) is 5.73 Å². The van der Waals surface area contributed by atoms with E-state index in [1.165, 1.54) is 44.9 Å². The molecule has 20 heavy (non-hydrogen) atoms. The zero-order valence-corrected chi connectivity index (χ0v) is 12.7. The van der Waals surface area contributed by atoms with Gasteiger partial charge in [-0.05, 0) is 56.4 Å². The molecule has 3 saturated carbocycles. The quantitative estimate of drug-likeness (QED) is 0.834. The van der Waals surface area contributed by atoms with Gasteiger partial charge < -0.3 is 11.1 Å². The van der Waals surface area contributed by atoms with Gasteiger partial charge in [0.2, 0.25) is 5.91 Å². The van der Waals surface area contributed by atoms with Crippen LogP contribution in [0.2, 0.25) is 0 Å². The van der Waals surface area contributed by atoms with Crippen LogP contribution in [0, 0.1) is 23.7 Å². The highest BCUT2D eigenvalue weighted by atomic mass is 16.1. The van der Waals surface area contributed by atoms with E-state index in [-0.39, 0.29) is 5.92 Å². The summed E-state index contributed by atoms with van der Waals surface area (Å²) in [6, 6.07) is 0.358. The highest BCUT2D eigenvalue weighted by molar-refractivity contribution is 5.79. The van der Waals surface area contributed by atoms with Gasteiger partial charge in [-0.15, -0.1) is 0 Å². The van der Waals surface area contributed by atoms with E-state index in [1.807, 2.05) is 0 Å². The van der Waals surface area contributed by atoms with E-state index < -0.39 is 0 Å². The maximum Gasteiger partial charge on any atom is 0.223 e. The third kappa shape index (κ3) is 3.03. The van der Waals surface area contributed by atoms with Crippen molar-refractivity contribution in [3.63, 3.8) is 0 Å². The molecule has 3 nitrogen and oxygen atoms in total. The number of nitrogens with one attached hydrogen (secondary N) is 1. The van der Waals surface area contributed by atoms with Crippen molar-refractivity contribution >= 4 is 5.91 Å². The summed E-state index contributed by atoms with van der Waals surface area (Å²) in [7, 11) is 0. The highest BCUT2D eigenvalue weighted by Crippen LogP contribution is 2.42. The third-order valence-electron chi connectivity index (χ3n) is 6.20. The lowest BCUT2D eigenvalue weighted by molar-refractivity contribution is -0.128. The minimum Gasteiger partial charge on any atom is -0.353 e. The fraction of sp³-hybridized carbons (Fsp3) is 0.941. The first kappa shape index (κ1) is 14.4. The molecule has 0 aliphatic heterocycles. The maximum atomic E-state index is 12.5. The van der Waals surface area contributed by atoms with E-state index in [9.17, 15) is 4.79 Å². The number of rotatable bonds is 3. The maximum absolute atomic E-state index is 12.5. The number of nitrogens with two attached hydrogens (primary N) is 1. The van der Waals surface area contributed by atoms with E-state index in [0.717, 1.165) is 37.6 Å². The molecular weight excluding hydrogens is 248 g/mol. The van der Waals surface area contributed by atoms with Crippen molar-refractivity contribution < 1.29 is 4.79 Å². The molecule has 0 heterocycles. The largest absolute Gasteiger partial charge is 0.353 e. The Morgan fingerprint density at radius 3 is 2.55 bits per heavy atom. The molecule has 3 aliphatic rings. The zero-order chi connectivity index (χ0) is 13.9. The molecule has 0 spiro atoms. The van der Waals surface area contributed by atoms with Gasteiger partial charge in [0.25, 0.3) is 0 Å². The molecule has 0 radical (unpaired) electrons. The van der Waals surface area contributed by atoms with Crippen molar-refractivity contribution in [2.45, 2.75) is 70.3 Å². The first-order valence-corrected chi connectivity index (χ1v) is 8.78. The first-order valence-electron chi connectivity index (χ1n) is 8.78. The van der Waals surface area contributed by atoms with Gasteiger partial charge in [0.15, 0.2) is 0 Å². The molecule has 5 unspecified atom stereocenters. The Morgan fingerprint density at radius 1 is 0.950 bits per heavy atom. The second-order valence-electron chi connectivity index (χ2n) is 7.36. The van der Waals surface area contributed by atoms with Crippen LogP contribution in [0.3, 0.4) is 0 Å². The summed E-state index contributed by atoms with van der Waals surface area (Å²) >= 11 is 0. The van der Waals surface area contributed by atoms with Crippen LogP contribution in [-0.2, 0) is 4.79 Å². The lowest BCUT2D eigenvalue weighted by Crippen LogP contribution is -2.44. The minimum atomic E-state index is 0.286. The van der Waals surface area contributed by atoms with Gasteiger partial charge >= 0.3 is 0 Å². The summed E-state index contributed by atoms with van der Waals surface area (Å²) in [6.45, 7) is 0.723. The summed E-state index contributed by atoms with van der Waals surface area (Å²) in [5.41, 5.74) is 5.81. The number of carbonyl (C=O) groups is 1. The fourth-order valence-electron chi connectivity index (χ4n) is 4.92. The van der Waals surface area contributed by atoms with E-state index in [0.29, 0.717) is 17.9 Å². The summed E-state index contributed by atoms with van der Waals surface area (Å²) < 4.78 is 0. The van der Waals surface area contributed by atoms with Crippen molar-refractivity contribution in [1.82, 2.24) is 5.32 Å². The summed E-state index contributed by atoms with van der Waals surface area (Å²) in [6.07, 6.45) is 12.7. The average molecular weight is 278 g/mol. The van der Waals surface area contributed by atoms with Gasteiger partial charge in [-0.2, -0.15) is 0 Å². The molecule has 3 fully saturated rings. The molecular formula is C17H30N2O. The number of fused-ring (bicyclic) bond motifs is 1. The van der Waals surface area contributed by atoms with Crippen molar-refractivity contribution in [1.29, 1.82) is 0 Å². The van der Waals surface area contributed by atoms with Crippen molar-refractivity contribution in [2.24, 2.45) is 29.4 Å². The summed E-state index contributed by atoms with van der Waals surface area (Å²) in [5.74, 6) is 2.90. The molecule has 0 aromatic carbocycles. The zero-order valence-electron chi connectivity index (χ0n) is 12.7. The summed E-state index contributed by atoms with van der Waals surface area (Å²) in [4.78, 5) is 12.5. The molecule has 0 aromatic heterocycles. The Kier molecular flexibility index (Phi) is 4.65. The van der Waals surface area contributed by atoms with Crippen molar-refractivity contribution in [2.75, 3.05) is 6.54 Å². The predicted octanol–water partition coefficient (Wildman–Crippen LogP) is 2.84. The van der Waals surface area contributed by atoms with Crippen molar-refractivity contribution in [3.8, 4) is 0 Å². The van der Waals surface area contributed by atoms with Gasteiger partial charge in [0.05, 0.1) is 0 Å². The lowest BCUT2D eigenvalue weighted by atomic mass is 9.67. The van der Waals surface area contributed by atoms with Gasteiger partial charge in [-0.1, -0.05) is 32.1 Å². The van der Waals surface area contributed by atoms with Crippen LogP contribution < -0.4 is 11.1 Å². The number of hydrogen-bond acceptors (Lipinski definition) is 2. The van der Waals surface area contributed by atoms with Crippen LogP contribution in [0.15, 0.2) is 0 Å². The number of carbonyl (C=O) groups excluding carboxylic acids is 1. The monoisotopic (exact) mass is 278 g/mol. The molecule has 3 aliphatic carbocycles. The predicted molar refractivity (Wildman–Crippen MR) is 81.1 cm³/mol. The van der Waals surface area contributed by atoms with Crippen LogP contribution in [0.5, 0.6) is 0 Å². The summed E-state index contributed by atoms with van der Waals surface area (Å²) in [5, 5.41) is 3.33. The van der Waals surface area contributed by atoms with Crippen LogP contribution >= 0.6 is 0 Å². The topological polar surface area (TPSA) is 55.1 Å². The lowest BCUT2D eigenvalue weighted by Gasteiger charge is -2.39. The SMILES string of the molecule is NCC1CCCC1NC(=O)C1CCC2CCCCC2C1. The van der Waals surface area contributed by atoms with E-state index in [2.05, 4.69) is 5.32 Å². The Labute approximate surface area is 123 Å². The average Bonchev–Trinajstić information content (AvgIpc) is 2.94. The molecule has 3 N–H and O–H groups in total. The Balaban J connectivity index is 1.52. The molecule has 0 bridgehead atoms. The normalized spacial score (nSPS) is 41.1. The molecule has 3 rings (SSSR count). The highest BCUT2D eigenvalue weighted by Gasteiger charge is 2.36. The van der Waals surface area contributed by atoms with Gasteiger partial charge in [0, 0.05) is 12.0 Å². The fourth-order valence-corrected chi connectivity index (χ4v) is 4.92. The number of amides is 1. The molecule has 114 valence electrons. The van der Waals surface area contributed by atoms with Gasteiger partial charge in [-0.25, -0.2) is 0 Å². The second-order valence-corrected chi connectivity index (χ2v) is 7.36. The first-order chi connectivity index (χ1) is 9.78. The Bertz CT molecular complexity index is 344. The molecule has 5 atom stereocenters. The molecule has 3 heteroatoms. The van der Waals surface area contributed by atoms with Crippen LogP contribution in [0.4, 0.5) is 0 Å². The standard InChI is InChI=1S/C17H30N2O/c18-11-15-6-3-7-16(15)19-17(20)14-9-8-12-4-1-2-5-13(12)10-14/h12-16H,1-11,18H2,(H,19,20). The smallest absolute Gasteiger partial charge is 0.223 e. The molecule has 1 amide bonds. The number of hydrogen-bond donors (Lipinski definition) is 2. The second kappa shape index (κ2) is 6.46. The Hall–Kier alpha value is -0.570.